The largest absolute Gasteiger partial charge is 0.512 e. The molecule has 0 saturated heterocycles. The highest BCUT2D eigenvalue weighted by atomic mass is 16.3. The molecule has 0 amide bonds. The number of nitrogens with zero attached hydrogens (tertiary/aromatic N) is 3. The molecule has 0 unspecified atom stereocenters. The Morgan fingerprint density at radius 1 is 1.04 bits per heavy atom. The fourth-order valence-electron chi connectivity index (χ4n) is 4.49. The van der Waals surface area contributed by atoms with Crippen LogP contribution in [0.15, 0.2) is 11.3 Å². The SMILES string of the molecule is CCCCCCC(O)=C(C)[C@H]1[C@H](CCCCCCc2nnn[nH]2)[C@H](O)C[C@@H]1O. The summed E-state index contributed by atoms with van der Waals surface area (Å²) in [6, 6.07) is 0. The van der Waals surface area contributed by atoms with Crippen LogP contribution in [0.5, 0.6) is 0 Å². The van der Waals surface area contributed by atoms with E-state index in [2.05, 4.69) is 27.5 Å². The molecule has 7 heteroatoms. The van der Waals surface area contributed by atoms with E-state index in [1.165, 1.54) is 12.8 Å². The summed E-state index contributed by atoms with van der Waals surface area (Å²) in [5.41, 5.74) is 0.878. The van der Waals surface area contributed by atoms with E-state index in [0.717, 1.165) is 62.8 Å². The van der Waals surface area contributed by atoms with Gasteiger partial charge in [-0.15, -0.1) is 5.10 Å². The molecular formula is C21H38N4O3. The van der Waals surface area contributed by atoms with Crippen LogP contribution >= 0.6 is 0 Å². The predicted molar refractivity (Wildman–Crippen MR) is 109 cm³/mol. The zero-order valence-corrected chi connectivity index (χ0v) is 17.5. The van der Waals surface area contributed by atoms with Crippen molar-refractivity contribution in [2.75, 3.05) is 0 Å². The number of aliphatic hydroxyl groups excluding tert-OH is 3. The number of aliphatic hydroxyl groups is 3. The number of unbranched alkanes of at least 4 members (excludes halogenated alkanes) is 6. The minimum absolute atomic E-state index is 0.0336. The van der Waals surface area contributed by atoms with Crippen molar-refractivity contribution >= 4 is 0 Å². The summed E-state index contributed by atoms with van der Waals surface area (Å²) in [4.78, 5) is 0. The molecule has 1 aromatic rings. The van der Waals surface area contributed by atoms with Crippen molar-refractivity contribution in [2.45, 2.75) is 103 Å². The Kier molecular flexibility index (Phi) is 9.92. The monoisotopic (exact) mass is 394 g/mol. The lowest BCUT2D eigenvalue weighted by Crippen LogP contribution is -2.24. The van der Waals surface area contributed by atoms with E-state index >= 15 is 0 Å². The summed E-state index contributed by atoms with van der Waals surface area (Å²) < 4.78 is 0. The minimum atomic E-state index is -0.559. The molecule has 2 rings (SSSR count). The van der Waals surface area contributed by atoms with Crippen molar-refractivity contribution in [2.24, 2.45) is 11.8 Å². The molecule has 7 nitrogen and oxygen atoms in total. The van der Waals surface area contributed by atoms with Crippen molar-refractivity contribution in [1.29, 1.82) is 0 Å². The van der Waals surface area contributed by atoms with Crippen molar-refractivity contribution in [3.63, 3.8) is 0 Å². The summed E-state index contributed by atoms with van der Waals surface area (Å²) in [7, 11) is 0. The lowest BCUT2D eigenvalue weighted by Gasteiger charge is -2.25. The van der Waals surface area contributed by atoms with Crippen molar-refractivity contribution in [3.8, 4) is 0 Å². The van der Waals surface area contributed by atoms with E-state index in [1.807, 2.05) is 6.92 Å². The van der Waals surface area contributed by atoms with Crippen molar-refractivity contribution in [3.05, 3.63) is 17.2 Å². The van der Waals surface area contributed by atoms with Gasteiger partial charge in [0.2, 0.25) is 0 Å². The Labute approximate surface area is 168 Å². The summed E-state index contributed by atoms with van der Waals surface area (Å²) >= 11 is 0. The van der Waals surface area contributed by atoms with Gasteiger partial charge >= 0.3 is 0 Å². The van der Waals surface area contributed by atoms with E-state index in [0.29, 0.717) is 18.6 Å². The Hall–Kier alpha value is -1.47. The van der Waals surface area contributed by atoms with Crippen LogP contribution in [0.2, 0.25) is 0 Å². The summed E-state index contributed by atoms with van der Waals surface area (Å²) in [6.45, 7) is 4.10. The number of nitrogens with one attached hydrogen (secondary N) is 1. The molecule has 0 aliphatic heterocycles. The molecule has 4 atom stereocenters. The van der Waals surface area contributed by atoms with Crippen LogP contribution in [0.1, 0.15) is 90.3 Å². The van der Waals surface area contributed by atoms with Crippen molar-refractivity contribution in [1.82, 2.24) is 20.6 Å². The molecule has 0 bridgehead atoms. The molecule has 160 valence electrons. The number of aromatic amines is 1. The summed E-state index contributed by atoms with van der Waals surface area (Å²) in [5.74, 6) is 1.15. The normalized spacial score (nSPS) is 25.9. The maximum atomic E-state index is 10.5. The first-order valence-electron chi connectivity index (χ1n) is 11.0. The number of aryl methyl sites for hydroxylation is 1. The molecule has 1 aliphatic rings. The standard InChI is InChI=1S/C21H38N4O3/c1-3-4-5-9-12-17(26)15(2)21-16(18(27)14-19(21)28)11-8-6-7-10-13-20-22-24-25-23-20/h16,18-19,21,26-28H,3-14H2,1-2H3,(H,22,23,24,25)/t16-,18-,19+,21+/m1/s1. The lowest BCUT2D eigenvalue weighted by atomic mass is 9.83. The molecule has 1 aromatic heterocycles. The molecule has 1 aliphatic carbocycles. The third-order valence-electron chi connectivity index (χ3n) is 6.17. The molecule has 0 spiro atoms. The number of hydrogen-bond donors (Lipinski definition) is 4. The number of tetrazole rings is 1. The van der Waals surface area contributed by atoms with E-state index in [-0.39, 0.29) is 11.8 Å². The Morgan fingerprint density at radius 2 is 1.79 bits per heavy atom. The number of H-pyrrole nitrogens is 1. The van der Waals surface area contributed by atoms with Crippen molar-refractivity contribution < 1.29 is 15.3 Å². The first-order valence-corrected chi connectivity index (χ1v) is 11.0. The fourth-order valence-corrected chi connectivity index (χ4v) is 4.49. The van der Waals surface area contributed by atoms with Gasteiger partial charge in [-0.2, -0.15) is 0 Å². The van der Waals surface area contributed by atoms with Crippen LogP contribution in [-0.2, 0) is 6.42 Å². The topological polar surface area (TPSA) is 115 Å². The highest BCUT2D eigenvalue weighted by Crippen LogP contribution is 2.41. The molecule has 28 heavy (non-hydrogen) atoms. The maximum Gasteiger partial charge on any atom is 0.148 e. The van der Waals surface area contributed by atoms with E-state index in [4.69, 9.17) is 0 Å². The van der Waals surface area contributed by atoms with Gasteiger partial charge in [0.1, 0.15) is 5.82 Å². The van der Waals surface area contributed by atoms with Gasteiger partial charge in [0, 0.05) is 25.2 Å². The third-order valence-corrected chi connectivity index (χ3v) is 6.17. The average molecular weight is 395 g/mol. The molecular weight excluding hydrogens is 356 g/mol. The zero-order valence-electron chi connectivity index (χ0n) is 17.5. The molecule has 4 N–H and O–H groups in total. The van der Waals surface area contributed by atoms with Crippen LogP contribution < -0.4 is 0 Å². The lowest BCUT2D eigenvalue weighted by molar-refractivity contribution is 0.114. The second-order valence-electron chi connectivity index (χ2n) is 8.30. The van der Waals surface area contributed by atoms with E-state index in [1.54, 1.807) is 0 Å². The molecule has 0 aromatic carbocycles. The van der Waals surface area contributed by atoms with Gasteiger partial charge < -0.3 is 15.3 Å². The minimum Gasteiger partial charge on any atom is -0.512 e. The van der Waals surface area contributed by atoms with Gasteiger partial charge in [0.25, 0.3) is 0 Å². The fraction of sp³-hybridized carbons (Fsp3) is 0.857. The number of rotatable bonds is 13. The predicted octanol–water partition coefficient (Wildman–Crippen LogP) is 3.85. The zero-order chi connectivity index (χ0) is 20.4. The smallest absolute Gasteiger partial charge is 0.148 e. The van der Waals surface area contributed by atoms with Crippen LogP contribution in [0, 0.1) is 11.8 Å². The Bertz CT molecular complexity index is 576. The first-order chi connectivity index (χ1) is 13.5. The number of aromatic nitrogens is 4. The van der Waals surface area contributed by atoms with Gasteiger partial charge in [0.15, 0.2) is 0 Å². The number of allylic oxidation sites excluding steroid dienone is 1. The van der Waals surface area contributed by atoms with E-state index in [9.17, 15) is 15.3 Å². The van der Waals surface area contributed by atoms with Crippen LogP contribution in [0.4, 0.5) is 0 Å². The van der Waals surface area contributed by atoms with Crippen LogP contribution in [0.25, 0.3) is 0 Å². The molecule has 1 heterocycles. The van der Waals surface area contributed by atoms with Gasteiger partial charge in [-0.3, -0.25) is 0 Å². The van der Waals surface area contributed by atoms with Gasteiger partial charge in [-0.1, -0.05) is 45.4 Å². The Morgan fingerprint density at radius 3 is 2.50 bits per heavy atom. The summed E-state index contributed by atoms with van der Waals surface area (Å²) in [5, 5.41) is 45.2. The van der Waals surface area contributed by atoms with Gasteiger partial charge in [-0.05, 0) is 48.1 Å². The summed E-state index contributed by atoms with van der Waals surface area (Å²) in [6.07, 6.45) is 10.5. The molecule has 1 fully saturated rings. The van der Waals surface area contributed by atoms with E-state index < -0.39 is 12.2 Å². The highest BCUT2D eigenvalue weighted by Gasteiger charge is 2.42. The molecule has 1 saturated carbocycles. The first kappa shape index (κ1) is 22.8. The number of hydrogen-bond acceptors (Lipinski definition) is 6. The highest BCUT2D eigenvalue weighted by molar-refractivity contribution is 5.15. The maximum absolute atomic E-state index is 10.5. The van der Waals surface area contributed by atoms with Gasteiger partial charge in [-0.25, -0.2) is 5.10 Å². The van der Waals surface area contributed by atoms with Crippen LogP contribution in [-0.4, -0.2) is 48.2 Å². The van der Waals surface area contributed by atoms with Gasteiger partial charge in [0.05, 0.1) is 18.0 Å². The quantitative estimate of drug-likeness (QED) is 0.298. The second kappa shape index (κ2) is 12.2. The third kappa shape index (κ3) is 6.85. The Balaban J connectivity index is 1.78. The average Bonchev–Trinajstić information content (AvgIpc) is 3.28. The molecule has 0 radical (unpaired) electrons. The second-order valence-corrected chi connectivity index (χ2v) is 8.30. The van der Waals surface area contributed by atoms with Crippen LogP contribution in [0.3, 0.4) is 0 Å².